The van der Waals surface area contributed by atoms with E-state index >= 15 is 0 Å². The zero-order valence-corrected chi connectivity index (χ0v) is 12.8. The molecule has 104 valence electrons. The largest absolute Gasteiger partial charge is 0.315 e. The number of nitrogens with one attached hydrogen (secondary N) is 1. The Bertz CT molecular complexity index is 153. The van der Waals surface area contributed by atoms with Crippen molar-refractivity contribution in [3.8, 4) is 0 Å². The van der Waals surface area contributed by atoms with Crippen LogP contribution in [0.15, 0.2) is 0 Å². The highest BCUT2D eigenvalue weighted by Gasteiger charge is 2.09. The second-order valence-corrected chi connectivity index (χ2v) is 5.39. The molecule has 0 fully saturated rings. The maximum atomic E-state index is 3.48. The molecule has 0 aliphatic heterocycles. The highest BCUT2D eigenvalue weighted by atomic mass is 15.1. The Morgan fingerprint density at radius 3 is 2.12 bits per heavy atom. The van der Waals surface area contributed by atoms with Gasteiger partial charge in [-0.1, -0.05) is 47.5 Å². The Labute approximate surface area is 109 Å². The molecule has 0 amide bonds. The molecule has 0 unspecified atom stereocenters. The standard InChI is InChI=1S/C15H34N2/c1-6-15(7-2)13-17(8-3)12-10-9-11-16-14(4)5/h14-16H,6-13H2,1-5H3. The van der Waals surface area contributed by atoms with Gasteiger partial charge in [0.15, 0.2) is 0 Å². The number of rotatable bonds is 11. The van der Waals surface area contributed by atoms with Gasteiger partial charge in [-0.25, -0.2) is 0 Å². The molecule has 0 atom stereocenters. The summed E-state index contributed by atoms with van der Waals surface area (Å²) in [6, 6.07) is 0.627. The summed E-state index contributed by atoms with van der Waals surface area (Å²) in [6.07, 6.45) is 5.27. The van der Waals surface area contributed by atoms with E-state index in [1.807, 2.05) is 0 Å². The Kier molecular flexibility index (Phi) is 11.0. The first kappa shape index (κ1) is 16.9. The zero-order valence-electron chi connectivity index (χ0n) is 12.8. The van der Waals surface area contributed by atoms with E-state index in [2.05, 4.69) is 44.8 Å². The van der Waals surface area contributed by atoms with E-state index in [-0.39, 0.29) is 0 Å². The van der Waals surface area contributed by atoms with Crippen LogP contribution in [0.4, 0.5) is 0 Å². The normalized spacial score (nSPS) is 12.0. The van der Waals surface area contributed by atoms with Gasteiger partial charge in [0.05, 0.1) is 0 Å². The third-order valence-electron chi connectivity index (χ3n) is 3.57. The quantitative estimate of drug-likeness (QED) is 0.558. The summed E-state index contributed by atoms with van der Waals surface area (Å²) in [5, 5.41) is 3.48. The van der Waals surface area contributed by atoms with Crippen LogP contribution in [-0.2, 0) is 0 Å². The topological polar surface area (TPSA) is 15.3 Å². The van der Waals surface area contributed by atoms with Crippen LogP contribution in [0.25, 0.3) is 0 Å². The van der Waals surface area contributed by atoms with Crippen molar-refractivity contribution in [3.63, 3.8) is 0 Å². The lowest BCUT2D eigenvalue weighted by Gasteiger charge is -2.25. The predicted molar refractivity (Wildman–Crippen MR) is 78.6 cm³/mol. The van der Waals surface area contributed by atoms with E-state index in [1.54, 1.807) is 0 Å². The fraction of sp³-hybridized carbons (Fsp3) is 1.00. The van der Waals surface area contributed by atoms with Crippen LogP contribution >= 0.6 is 0 Å². The molecular weight excluding hydrogens is 208 g/mol. The summed E-state index contributed by atoms with van der Waals surface area (Å²) in [7, 11) is 0. The van der Waals surface area contributed by atoms with Crippen molar-refractivity contribution in [2.24, 2.45) is 5.92 Å². The van der Waals surface area contributed by atoms with Gasteiger partial charge in [-0.2, -0.15) is 0 Å². The van der Waals surface area contributed by atoms with Crippen molar-refractivity contribution in [1.82, 2.24) is 10.2 Å². The molecule has 0 aromatic heterocycles. The van der Waals surface area contributed by atoms with Crippen LogP contribution in [0.1, 0.15) is 60.3 Å². The number of hydrogen-bond donors (Lipinski definition) is 1. The zero-order chi connectivity index (χ0) is 13.1. The fourth-order valence-corrected chi connectivity index (χ4v) is 2.14. The van der Waals surface area contributed by atoms with Gasteiger partial charge in [0.1, 0.15) is 0 Å². The van der Waals surface area contributed by atoms with Gasteiger partial charge in [0, 0.05) is 12.6 Å². The van der Waals surface area contributed by atoms with Crippen molar-refractivity contribution in [3.05, 3.63) is 0 Å². The summed E-state index contributed by atoms with van der Waals surface area (Å²) in [4.78, 5) is 2.62. The first-order chi connectivity index (χ1) is 8.13. The van der Waals surface area contributed by atoms with E-state index in [1.165, 1.54) is 51.9 Å². The van der Waals surface area contributed by atoms with Gasteiger partial charge in [-0.05, 0) is 38.4 Å². The molecule has 2 heteroatoms. The molecule has 2 nitrogen and oxygen atoms in total. The number of unbranched alkanes of at least 4 members (excludes halogenated alkanes) is 1. The second-order valence-electron chi connectivity index (χ2n) is 5.39. The molecule has 0 saturated carbocycles. The van der Waals surface area contributed by atoms with Gasteiger partial charge in [-0.15, -0.1) is 0 Å². The molecule has 0 heterocycles. The minimum Gasteiger partial charge on any atom is -0.315 e. The molecular formula is C15H34N2. The average Bonchev–Trinajstić information content (AvgIpc) is 2.32. The summed E-state index contributed by atoms with van der Waals surface area (Å²) in [6.45, 7) is 16.3. The number of nitrogens with zero attached hydrogens (tertiary/aromatic N) is 1. The minimum atomic E-state index is 0.627. The molecule has 0 aromatic carbocycles. The SMILES string of the molecule is CCC(CC)CN(CC)CCCCNC(C)C. The van der Waals surface area contributed by atoms with Gasteiger partial charge < -0.3 is 10.2 Å². The molecule has 0 radical (unpaired) electrons. The van der Waals surface area contributed by atoms with E-state index in [9.17, 15) is 0 Å². The van der Waals surface area contributed by atoms with Crippen molar-refractivity contribution in [1.29, 1.82) is 0 Å². The first-order valence-electron chi connectivity index (χ1n) is 7.59. The predicted octanol–water partition coefficient (Wildman–Crippen LogP) is 3.52. The van der Waals surface area contributed by atoms with Crippen LogP contribution in [0.2, 0.25) is 0 Å². The van der Waals surface area contributed by atoms with E-state index in [4.69, 9.17) is 0 Å². The van der Waals surface area contributed by atoms with E-state index in [0.29, 0.717) is 6.04 Å². The van der Waals surface area contributed by atoms with Gasteiger partial charge in [0.25, 0.3) is 0 Å². The molecule has 0 aromatic rings. The van der Waals surface area contributed by atoms with Crippen molar-refractivity contribution >= 4 is 0 Å². The summed E-state index contributed by atoms with van der Waals surface area (Å²) >= 11 is 0. The monoisotopic (exact) mass is 242 g/mol. The fourth-order valence-electron chi connectivity index (χ4n) is 2.14. The average molecular weight is 242 g/mol. The van der Waals surface area contributed by atoms with Crippen molar-refractivity contribution < 1.29 is 0 Å². The summed E-state index contributed by atoms with van der Waals surface area (Å²) < 4.78 is 0. The lowest BCUT2D eigenvalue weighted by molar-refractivity contribution is 0.229. The van der Waals surface area contributed by atoms with Gasteiger partial charge in [0.2, 0.25) is 0 Å². The molecule has 0 spiro atoms. The van der Waals surface area contributed by atoms with Crippen LogP contribution in [0, 0.1) is 5.92 Å². The Balaban J connectivity index is 3.60. The van der Waals surface area contributed by atoms with Crippen molar-refractivity contribution in [2.75, 3.05) is 26.2 Å². The molecule has 17 heavy (non-hydrogen) atoms. The summed E-state index contributed by atoms with van der Waals surface area (Å²) in [5.41, 5.74) is 0. The van der Waals surface area contributed by atoms with Crippen LogP contribution < -0.4 is 5.32 Å². The lowest BCUT2D eigenvalue weighted by Crippen LogP contribution is -2.31. The number of hydrogen-bond acceptors (Lipinski definition) is 2. The third kappa shape index (κ3) is 9.61. The molecule has 0 aliphatic rings. The minimum absolute atomic E-state index is 0.627. The molecule has 0 bridgehead atoms. The maximum absolute atomic E-state index is 3.48. The van der Waals surface area contributed by atoms with Crippen LogP contribution in [0.3, 0.4) is 0 Å². The van der Waals surface area contributed by atoms with E-state index in [0.717, 1.165) is 5.92 Å². The molecule has 0 rings (SSSR count). The maximum Gasteiger partial charge on any atom is 0.00103 e. The van der Waals surface area contributed by atoms with Gasteiger partial charge >= 0.3 is 0 Å². The summed E-state index contributed by atoms with van der Waals surface area (Å²) in [5.74, 6) is 0.892. The lowest BCUT2D eigenvalue weighted by atomic mass is 10.0. The molecule has 1 N–H and O–H groups in total. The third-order valence-corrected chi connectivity index (χ3v) is 3.57. The first-order valence-corrected chi connectivity index (χ1v) is 7.59. The molecule has 0 aliphatic carbocycles. The van der Waals surface area contributed by atoms with Crippen molar-refractivity contribution in [2.45, 2.75) is 66.3 Å². The van der Waals surface area contributed by atoms with Gasteiger partial charge in [-0.3, -0.25) is 0 Å². The Morgan fingerprint density at radius 2 is 1.65 bits per heavy atom. The second kappa shape index (κ2) is 11.0. The highest BCUT2D eigenvalue weighted by molar-refractivity contribution is 4.63. The van der Waals surface area contributed by atoms with Crippen LogP contribution in [0.5, 0.6) is 0 Å². The smallest absolute Gasteiger partial charge is 0.00103 e. The Hall–Kier alpha value is -0.0800. The Morgan fingerprint density at radius 1 is 1.00 bits per heavy atom. The highest BCUT2D eigenvalue weighted by Crippen LogP contribution is 2.10. The van der Waals surface area contributed by atoms with Crippen LogP contribution in [-0.4, -0.2) is 37.1 Å². The van der Waals surface area contributed by atoms with E-state index < -0.39 is 0 Å². The molecule has 0 saturated heterocycles.